The molecule has 2 heterocycles. The molecular weight excluding hydrogens is 201 g/mol. The van der Waals surface area contributed by atoms with Gasteiger partial charge in [-0.15, -0.1) is 0 Å². The minimum absolute atomic E-state index is 0.0218. The molecule has 0 unspecified atom stereocenters. The summed E-state index contributed by atoms with van der Waals surface area (Å²) < 4.78 is 23.7. The first-order chi connectivity index (χ1) is 7.33. The molecule has 0 radical (unpaired) electrons. The molecule has 5 nitrogen and oxygen atoms in total. The lowest BCUT2D eigenvalue weighted by molar-refractivity contribution is 0.122. The van der Waals surface area contributed by atoms with Crippen LogP contribution >= 0.6 is 0 Å². The van der Waals surface area contributed by atoms with Crippen molar-refractivity contribution in [1.82, 2.24) is 9.97 Å². The highest BCUT2D eigenvalue weighted by Crippen LogP contribution is 2.22. The smallest absolute Gasteiger partial charge is 0.255 e. The number of aromatic nitrogens is 2. The zero-order valence-corrected chi connectivity index (χ0v) is 8.44. The Bertz CT molecular complexity index is 342. The normalized spacial score (nSPS) is 16.5. The van der Waals surface area contributed by atoms with E-state index < -0.39 is 5.82 Å². The zero-order chi connectivity index (χ0) is 10.7. The van der Waals surface area contributed by atoms with E-state index in [9.17, 15) is 4.39 Å². The second-order valence-corrected chi connectivity index (χ2v) is 3.12. The molecule has 1 aromatic heterocycles. The maximum absolute atomic E-state index is 13.7. The molecule has 82 valence electrons. The van der Waals surface area contributed by atoms with Crippen LogP contribution in [-0.2, 0) is 4.74 Å². The quantitative estimate of drug-likeness (QED) is 0.714. The van der Waals surface area contributed by atoms with E-state index in [4.69, 9.17) is 9.47 Å². The van der Waals surface area contributed by atoms with Gasteiger partial charge in [-0.05, 0) is 0 Å². The molecule has 0 aliphatic carbocycles. The highest BCUT2D eigenvalue weighted by molar-refractivity contribution is 5.43. The van der Waals surface area contributed by atoms with Crippen LogP contribution in [0.4, 0.5) is 10.2 Å². The molecule has 2 rings (SSSR count). The van der Waals surface area contributed by atoms with Crippen LogP contribution in [0.5, 0.6) is 5.88 Å². The average molecular weight is 213 g/mol. The van der Waals surface area contributed by atoms with Gasteiger partial charge in [0.25, 0.3) is 5.88 Å². The lowest BCUT2D eigenvalue weighted by Gasteiger charge is -2.27. The lowest BCUT2D eigenvalue weighted by atomic mass is 10.4. The van der Waals surface area contributed by atoms with Gasteiger partial charge in [-0.3, -0.25) is 0 Å². The van der Waals surface area contributed by atoms with Gasteiger partial charge in [-0.2, -0.15) is 9.37 Å². The Morgan fingerprint density at radius 2 is 2.13 bits per heavy atom. The second-order valence-electron chi connectivity index (χ2n) is 3.12. The number of nitrogens with zero attached hydrogens (tertiary/aromatic N) is 3. The van der Waals surface area contributed by atoms with E-state index in [0.29, 0.717) is 26.3 Å². The number of anilines is 1. The molecular formula is C9H12FN3O2. The fraction of sp³-hybridized carbons (Fsp3) is 0.556. The molecule has 1 fully saturated rings. The summed E-state index contributed by atoms with van der Waals surface area (Å²) in [5, 5.41) is 0. The molecule has 1 aliphatic rings. The Morgan fingerprint density at radius 1 is 1.40 bits per heavy atom. The van der Waals surface area contributed by atoms with Crippen molar-refractivity contribution in [3.8, 4) is 5.88 Å². The Morgan fingerprint density at radius 3 is 2.80 bits per heavy atom. The van der Waals surface area contributed by atoms with Crippen LogP contribution < -0.4 is 9.64 Å². The van der Waals surface area contributed by atoms with Crippen LogP contribution in [-0.4, -0.2) is 43.4 Å². The van der Waals surface area contributed by atoms with E-state index in [1.807, 2.05) is 4.90 Å². The summed E-state index contributed by atoms with van der Waals surface area (Å²) in [6.07, 6.45) is 1.30. The minimum atomic E-state index is -0.512. The van der Waals surface area contributed by atoms with Crippen LogP contribution in [0.15, 0.2) is 6.33 Å². The topological polar surface area (TPSA) is 47.5 Å². The van der Waals surface area contributed by atoms with Gasteiger partial charge in [0, 0.05) is 13.1 Å². The summed E-state index contributed by atoms with van der Waals surface area (Å²) in [6, 6.07) is 0. The third-order valence-electron chi connectivity index (χ3n) is 2.24. The third kappa shape index (κ3) is 1.99. The number of hydrogen-bond acceptors (Lipinski definition) is 5. The fourth-order valence-corrected chi connectivity index (χ4v) is 1.48. The minimum Gasteiger partial charge on any atom is -0.479 e. The maximum atomic E-state index is 13.7. The molecule has 0 aromatic carbocycles. The van der Waals surface area contributed by atoms with Crippen molar-refractivity contribution in [2.24, 2.45) is 0 Å². The Kier molecular flexibility index (Phi) is 2.96. The van der Waals surface area contributed by atoms with Crippen molar-refractivity contribution in [2.75, 3.05) is 38.3 Å². The first-order valence-electron chi connectivity index (χ1n) is 4.70. The molecule has 1 saturated heterocycles. The van der Waals surface area contributed by atoms with E-state index in [-0.39, 0.29) is 11.7 Å². The standard InChI is InChI=1S/C9H12FN3O2/c1-14-9-7(10)8(11-6-12-9)13-2-4-15-5-3-13/h6H,2-5H2,1H3. The van der Waals surface area contributed by atoms with Crippen LogP contribution in [0, 0.1) is 5.82 Å². The van der Waals surface area contributed by atoms with Crippen molar-refractivity contribution in [3.05, 3.63) is 12.1 Å². The summed E-state index contributed by atoms with van der Waals surface area (Å²) in [5.74, 6) is -0.251. The van der Waals surface area contributed by atoms with Gasteiger partial charge in [-0.25, -0.2) is 4.98 Å². The number of ether oxygens (including phenoxy) is 2. The predicted octanol–water partition coefficient (Wildman–Crippen LogP) is 0.461. The SMILES string of the molecule is COc1ncnc(N2CCOCC2)c1F. The lowest BCUT2D eigenvalue weighted by Crippen LogP contribution is -2.37. The van der Waals surface area contributed by atoms with Crippen LogP contribution in [0.1, 0.15) is 0 Å². The zero-order valence-electron chi connectivity index (χ0n) is 8.44. The molecule has 1 aromatic rings. The summed E-state index contributed by atoms with van der Waals surface area (Å²) in [5.41, 5.74) is 0. The van der Waals surface area contributed by atoms with Crippen molar-refractivity contribution < 1.29 is 13.9 Å². The highest BCUT2D eigenvalue weighted by Gasteiger charge is 2.19. The van der Waals surface area contributed by atoms with Gasteiger partial charge in [-0.1, -0.05) is 0 Å². The summed E-state index contributed by atoms with van der Waals surface area (Å²) >= 11 is 0. The number of methoxy groups -OCH3 is 1. The van der Waals surface area contributed by atoms with Gasteiger partial charge < -0.3 is 14.4 Å². The summed E-state index contributed by atoms with van der Waals surface area (Å²) in [4.78, 5) is 9.42. The molecule has 0 atom stereocenters. The first-order valence-corrected chi connectivity index (χ1v) is 4.70. The monoisotopic (exact) mass is 213 g/mol. The summed E-state index contributed by atoms with van der Waals surface area (Å²) in [7, 11) is 1.38. The first kappa shape index (κ1) is 10.1. The Labute approximate surface area is 86.8 Å². The van der Waals surface area contributed by atoms with Gasteiger partial charge in [0.15, 0.2) is 5.82 Å². The molecule has 0 bridgehead atoms. The average Bonchev–Trinajstić information content (AvgIpc) is 2.30. The number of hydrogen-bond donors (Lipinski definition) is 0. The van der Waals surface area contributed by atoms with Gasteiger partial charge in [0.05, 0.1) is 20.3 Å². The van der Waals surface area contributed by atoms with E-state index in [0.717, 1.165) is 0 Å². The largest absolute Gasteiger partial charge is 0.479 e. The molecule has 15 heavy (non-hydrogen) atoms. The van der Waals surface area contributed by atoms with Crippen molar-refractivity contribution in [2.45, 2.75) is 0 Å². The maximum Gasteiger partial charge on any atom is 0.255 e. The summed E-state index contributed by atoms with van der Waals surface area (Å²) in [6.45, 7) is 2.45. The van der Waals surface area contributed by atoms with E-state index in [1.165, 1.54) is 13.4 Å². The van der Waals surface area contributed by atoms with Gasteiger partial charge in [0.2, 0.25) is 5.82 Å². The van der Waals surface area contributed by atoms with E-state index in [1.54, 1.807) is 0 Å². The highest BCUT2D eigenvalue weighted by atomic mass is 19.1. The van der Waals surface area contributed by atoms with E-state index >= 15 is 0 Å². The van der Waals surface area contributed by atoms with Gasteiger partial charge in [0.1, 0.15) is 6.33 Å². The van der Waals surface area contributed by atoms with Gasteiger partial charge >= 0.3 is 0 Å². The molecule has 1 aliphatic heterocycles. The molecule has 6 heteroatoms. The number of halogens is 1. The molecule has 0 N–H and O–H groups in total. The van der Waals surface area contributed by atoms with Crippen LogP contribution in [0.3, 0.4) is 0 Å². The van der Waals surface area contributed by atoms with E-state index in [2.05, 4.69) is 9.97 Å². The van der Waals surface area contributed by atoms with Crippen LogP contribution in [0.25, 0.3) is 0 Å². The third-order valence-corrected chi connectivity index (χ3v) is 2.24. The fourth-order valence-electron chi connectivity index (χ4n) is 1.48. The van der Waals surface area contributed by atoms with Crippen LogP contribution in [0.2, 0.25) is 0 Å². The number of morpholine rings is 1. The second kappa shape index (κ2) is 4.39. The van der Waals surface area contributed by atoms with Crippen molar-refractivity contribution in [1.29, 1.82) is 0 Å². The molecule has 0 spiro atoms. The predicted molar refractivity (Wildman–Crippen MR) is 51.6 cm³/mol. The number of rotatable bonds is 2. The van der Waals surface area contributed by atoms with Crippen molar-refractivity contribution in [3.63, 3.8) is 0 Å². The van der Waals surface area contributed by atoms with Crippen molar-refractivity contribution >= 4 is 5.82 Å². The molecule has 0 amide bonds. The molecule has 0 saturated carbocycles. The Balaban J connectivity index is 2.26. The Hall–Kier alpha value is -1.43.